The molecule has 2 amide bonds. The van der Waals surface area contributed by atoms with Crippen molar-refractivity contribution in [3.05, 3.63) is 87.9 Å². The molecule has 0 bridgehead atoms. The molecule has 3 aromatic carbocycles. The second kappa shape index (κ2) is 14.7. The van der Waals surface area contributed by atoms with E-state index in [1.807, 2.05) is 48.5 Å². The molecule has 1 aliphatic heterocycles. The zero-order chi connectivity index (χ0) is 29.2. The quantitative estimate of drug-likeness (QED) is 0.239. The van der Waals surface area contributed by atoms with E-state index in [-0.39, 0.29) is 19.5 Å². The molecule has 2 N–H and O–H groups in total. The van der Waals surface area contributed by atoms with Crippen molar-refractivity contribution in [3.63, 3.8) is 0 Å². The maximum atomic E-state index is 12.6. The van der Waals surface area contributed by atoms with Crippen molar-refractivity contribution >= 4 is 33.8 Å². The van der Waals surface area contributed by atoms with Gasteiger partial charge in [0.25, 0.3) is 0 Å². The van der Waals surface area contributed by atoms with Crippen LogP contribution in [-0.4, -0.2) is 45.6 Å². The van der Waals surface area contributed by atoms with Crippen molar-refractivity contribution in [2.24, 2.45) is 0 Å². The fourth-order valence-corrected chi connectivity index (χ4v) is 4.77. The highest BCUT2D eigenvalue weighted by atomic mass is 79.9. The number of amides is 2. The Bertz CT molecular complexity index is 1290. The van der Waals surface area contributed by atoms with Gasteiger partial charge in [-0.2, -0.15) is 0 Å². The lowest BCUT2D eigenvalue weighted by Gasteiger charge is -2.36. The van der Waals surface area contributed by atoms with E-state index in [4.69, 9.17) is 28.4 Å². The zero-order valence-corrected chi connectivity index (χ0v) is 24.6. The van der Waals surface area contributed by atoms with E-state index in [1.165, 1.54) is 0 Å². The first kappa shape index (κ1) is 30.2. The lowest BCUT2D eigenvalue weighted by molar-refractivity contribution is -0.378. The predicted molar refractivity (Wildman–Crippen MR) is 155 cm³/mol. The van der Waals surface area contributed by atoms with Gasteiger partial charge in [0.1, 0.15) is 18.1 Å². The van der Waals surface area contributed by atoms with Crippen molar-refractivity contribution in [3.8, 4) is 11.5 Å². The summed E-state index contributed by atoms with van der Waals surface area (Å²) in [6.07, 6.45) is -1.23. The number of methoxy groups -OCH3 is 2. The molecule has 41 heavy (non-hydrogen) atoms. The number of carbonyl (C=O) groups excluding carboxylic acids is 2. The van der Waals surface area contributed by atoms with Gasteiger partial charge in [-0.3, -0.25) is 5.32 Å². The van der Waals surface area contributed by atoms with Crippen LogP contribution in [0.5, 0.6) is 11.5 Å². The number of alkyl carbamates (subject to hydrolysis) is 1. The highest BCUT2D eigenvalue weighted by Gasteiger charge is 2.31. The first-order chi connectivity index (χ1) is 19.8. The minimum atomic E-state index is -0.622. The third-order valence-corrected chi connectivity index (χ3v) is 6.77. The standard InChI is InChI=1S/C30H33BrN2O8/c1-19-40-28(41-19)17-25(33-30(35)39-18-20-8-5-4-6-9-20)21-10-7-11-23(14-21)32-29(34)38-13-12-24-26(36-2)15-22(31)16-27(24)37-3/h4-11,14-16,19,25,28H,12-13,17-18H2,1-3H3,(H,32,34)(H,33,35)/t19?,25-,28?/m1/s1. The number of hydrogen-bond acceptors (Lipinski definition) is 8. The molecule has 0 radical (unpaired) electrons. The van der Waals surface area contributed by atoms with E-state index < -0.39 is 24.5 Å². The minimum Gasteiger partial charge on any atom is -0.496 e. The van der Waals surface area contributed by atoms with E-state index in [0.29, 0.717) is 30.0 Å². The molecule has 10 nitrogen and oxygen atoms in total. The van der Waals surface area contributed by atoms with Gasteiger partial charge < -0.3 is 33.7 Å². The van der Waals surface area contributed by atoms with Crippen LogP contribution < -0.4 is 20.1 Å². The van der Waals surface area contributed by atoms with Crippen LogP contribution in [-0.2, 0) is 32.0 Å². The second-order valence-corrected chi connectivity index (χ2v) is 10.1. The summed E-state index contributed by atoms with van der Waals surface area (Å²) in [4.78, 5) is 25.2. The summed E-state index contributed by atoms with van der Waals surface area (Å²) in [5.74, 6) is 1.25. The molecule has 1 heterocycles. The van der Waals surface area contributed by atoms with Gasteiger partial charge in [-0.1, -0.05) is 58.4 Å². The molecular formula is C30H33BrN2O8. The third kappa shape index (κ3) is 8.84. The van der Waals surface area contributed by atoms with E-state index in [0.717, 1.165) is 21.2 Å². The van der Waals surface area contributed by atoms with Crippen molar-refractivity contribution in [1.82, 2.24) is 5.32 Å². The van der Waals surface area contributed by atoms with Crippen molar-refractivity contribution in [1.29, 1.82) is 0 Å². The van der Waals surface area contributed by atoms with Gasteiger partial charge in [-0.05, 0) is 42.3 Å². The molecule has 218 valence electrons. The van der Waals surface area contributed by atoms with Crippen molar-refractivity contribution in [2.75, 3.05) is 26.1 Å². The summed E-state index contributed by atoms with van der Waals surface area (Å²) in [7, 11) is 3.14. The summed E-state index contributed by atoms with van der Waals surface area (Å²) >= 11 is 3.43. The van der Waals surface area contributed by atoms with Crippen LogP contribution in [0.1, 0.15) is 36.1 Å². The molecule has 0 aromatic heterocycles. The number of nitrogens with one attached hydrogen (secondary N) is 2. The fourth-order valence-electron chi connectivity index (χ4n) is 4.36. The molecular weight excluding hydrogens is 596 g/mol. The Morgan fingerprint density at radius 2 is 1.63 bits per heavy atom. The Morgan fingerprint density at radius 1 is 0.927 bits per heavy atom. The molecule has 4 rings (SSSR count). The average Bonchev–Trinajstić information content (AvgIpc) is 2.95. The molecule has 1 saturated heterocycles. The van der Waals surface area contributed by atoms with Gasteiger partial charge >= 0.3 is 12.2 Å². The average molecular weight is 630 g/mol. The number of benzene rings is 3. The number of halogens is 1. The Balaban J connectivity index is 1.36. The molecule has 0 unspecified atom stereocenters. The summed E-state index contributed by atoms with van der Waals surface area (Å²) in [6, 6.07) is 19.7. The Hall–Kier alpha value is -3.80. The maximum Gasteiger partial charge on any atom is 0.411 e. The SMILES string of the molecule is COc1cc(Br)cc(OC)c1CCOC(=O)Nc1cccc([C@@H](CC2OC(C)O2)NC(=O)OCc2ccccc2)c1. The zero-order valence-electron chi connectivity index (χ0n) is 23.1. The molecule has 3 aromatic rings. The monoisotopic (exact) mass is 628 g/mol. The number of carbonyl (C=O) groups is 2. The van der Waals surface area contributed by atoms with Crippen LogP contribution in [0.15, 0.2) is 71.2 Å². The maximum absolute atomic E-state index is 12.6. The van der Waals surface area contributed by atoms with Crippen LogP contribution in [0.2, 0.25) is 0 Å². The molecule has 1 aliphatic rings. The summed E-state index contributed by atoms with van der Waals surface area (Å²) in [5.41, 5.74) is 2.89. The predicted octanol–water partition coefficient (Wildman–Crippen LogP) is 6.33. The first-order valence-electron chi connectivity index (χ1n) is 13.1. The molecule has 0 spiro atoms. The Labute approximate surface area is 247 Å². The van der Waals surface area contributed by atoms with Gasteiger partial charge in [-0.15, -0.1) is 0 Å². The Kier molecular flexibility index (Phi) is 10.8. The highest BCUT2D eigenvalue weighted by molar-refractivity contribution is 9.10. The van der Waals surface area contributed by atoms with E-state index in [9.17, 15) is 9.59 Å². The summed E-state index contributed by atoms with van der Waals surface area (Å²) in [5, 5.41) is 5.62. The largest absolute Gasteiger partial charge is 0.496 e. The lowest BCUT2D eigenvalue weighted by atomic mass is 10.0. The van der Waals surface area contributed by atoms with Gasteiger partial charge in [0.15, 0.2) is 12.6 Å². The molecule has 1 atom stereocenters. The number of rotatable bonds is 12. The fraction of sp³-hybridized carbons (Fsp3) is 0.333. The van der Waals surface area contributed by atoms with E-state index in [2.05, 4.69) is 26.6 Å². The summed E-state index contributed by atoms with van der Waals surface area (Å²) < 4.78 is 33.7. The van der Waals surface area contributed by atoms with E-state index >= 15 is 0 Å². The molecule has 1 fully saturated rings. The first-order valence-corrected chi connectivity index (χ1v) is 13.9. The number of anilines is 1. The smallest absolute Gasteiger partial charge is 0.411 e. The number of ether oxygens (including phenoxy) is 6. The minimum absolute atomic E-state index is 0.103. The molecule has 11 heteroatoms. The third-order valence-electron chi connectivity index (χ3n) is 6.31. The topological polar surface area (TPSA) is 114 Å². The second-order valence-electron chi connectivity index (χ2n) is 9.19. The highest BCUT2D eigenvalue weighted by Crippen LogP contribution is 2.33. The van der Waals surface area contributed by atoms with Crippen molar-refractivity contribution in [2.45, 2.75) is 45.0 Å². The summed E-state index contributed by atoms with van der Waals surface area (Å²) in [6.45, 7) is 2.04. The van der Waals surface area contributed by atoms with Crippen molar-refractivity contribution < 1.29 is 38.0 Å². The normalized spacial score (nSPS) is 16.6. The van der Waals surface area contributed by atoms with Crippen LogP contribution in [0.3, 0.4) is 0 Å². The van der Waals surface area contributed by atoms with Gasteiger partial charge in [0.05, 0.1) is 26.9 Å². The van der Waals surface area contributed by atoms with Crippen LogP contribution in [0.25, 0.3) is 0 Å². The number of hydrogen-bond donors (Lipinski definition) is 2. The van der Waals surface area contributed by atoms with Gasteiger partial charge in [-0.25, -0.2) is 9.59 Å². The molecule has 0 saturated carbocycles. The van der Waals surface area contributed by atoms with Gasteiger partial charge in [0.2, 0.25) is 0 Å². The van der Waals surface area contributed by atoms with Crippen LogP contribution in [0, 0.1) is 0 Å². The Morgan fingerprint density at radius 3 is 2.29 bits per heavy atom. The van der Waals surface area contributed by atoms with Crippen LogP contribution >= 0.6 is 15.9 Å². The van der Waals surface area contributed by atoms with Gasteiger partial charge in [0, 0.05) is 28.6 Å². The van der Waals surface area contributed by atoms with Crippen LogP contribution in [0.4, 0.5) is 15.3 Å². The van der Waals surface area contributed by atoms with E-state index in [1.54, 1.807) is 39.3 Å². The lowest BCUT2D eigenvalue weighted by Crippen LogP contribution is -2.42. The molecule has 0 aliphatic carbocycles.